The Labute approximate surface area is 103 Å². The molecule has 1 aromatic carbocycles. The lowest BCUT2D eigenvalue weighted by atomic mass is 9.94. The van der Waals surface area contributed by atoms with Crippen molar-refractivity contribution >= 4 is 23.0 Å². The first kappa shape index (κ1) is 14.7. The summed E-state index contributed by atoms with van der Waals surface area (Å²) in [5.41, 5.74) is 4.70. The molecule has 0 spiro atoms. The zero-order chi connectivity index (χ0) is 11.6. The molecule has 0 radical (unpaired) electrons. The van der Waals surface area contributed by atoms with E-state index in [1.54, 1.807) is 0 Å². The van der Waals surface area contributed by atoms with Crippen LogP contribution in [0.2, 0.25) is 0 Å². The quantitative estimate of drug-likeness (QED) is 0.623. The Morgan fingerprint density at radius 1 is 1.38 bits per heavy atom. The van der Waals surface area contributed by atoms with Crippen molar-refractivity contribution in [1.29, 1.82) is 0 Å². The highest BCUT2D eigenvalue weighted by atomic mass is 79.9. The zero-order valence-electron chi connectivity index (χ0n) is 8.67. The van der Waals surface area contributed by atoms with E-state index in [2.05, 4.69) is 0 Å². The molecule has 0 aliphatic rings. The Hall–Kier alpha value is -1.27. The molecule has 0 aliphatic carbocycles. The summed E-state index contributed by atoms with van der Waals surface area (Å²) in [6.07, 6.45) is 0.0795. The number of halogens is 1. The average Bonchev–Trinajstić information content (AvgIpc) is 2.10. The molecule has 0 aliphatic heterocycles. The molecule has 1 aromatic rings. The van der Waals surface area contributed by atoms with Gasteiger partial charge < -0.3 is 21.1 Å². The summed E-state index contributed by atoms with van der Waals surface area (Å²) < 4.78 is 0. The smallest absolute Gasteiger partial charge is 0.323 e. The van der Waals surface area contributed by atoms with Crippen LogP contribution in [0.1, 0.15) is 12.5 Å². The Bertz CT molecular complexity index is 392. The number of hydrogen-bond donors (Lipinski definition) is 4. The molecular weight excluding hydrogens is 278 g/mol. The zero-order valence-corrected chi connectivity index (χ0v) is 10.4. The van der Waals surface area contributed by atoms with Gasteiger partial charge in [-0.05, 0) is 24.6 Å². The number of hydrogen-bond acceptors (Lipinski definition) is 4. The standard InChI is InChI=1S/C10H13NO4.BrH/c1-10(11,9(14)15)5-6-2-3-7(12)8(13)4-6;/h2-4,12-13H,5,11H2,1H3,(H,14,15);1H/t10-;/m1./s1. The fourth-order valence-corrected chi connectivity index (χ4v) is 1.18. The molecule has 1 rings (SSSR count). The van der Waals surface area contributed by atoms with E-state index in [1.807, 2.05) is 0 Å². The second-order valence-corrected chi connectivity index (χ2v) is 3.72. The molecular formula is C10H14BrNO4. The number of phenols is 2. The summed E-state index contributed by atoms with van der Waals surface area (Å²) in [7, 11) is 0. The van der Waals surface area contributed by atoms with Crippen LogP contribution in [0.4, 0.5) is 0 Å². The van der Waals surface area contributed by atoms with E-state index < -0.39 is 11.5 Å². The van der Waals surface area contributed by atoms with Gasteiger partial charge in [0.05, 0.1) is 0 Å². The van der Waals surface area contributed by atoms with E-state index in [-0.39, 0.29) is 34.9 Å². The lowest BCUT2D eigenvalue weighted by Crippen LogP contribution is -2.46. The van der Waals surface area contributed by atoms with Crippen molar-refractivity contribution in [1.82, 2.24) is 0 Å². The molecule has 16 heavy (non-hydrogen) atoms. The molecule has 0 saturated carbocycles. The molecule has 5 nitrogen and oxygen atoms in total. The monoisotopic (exact) mass is 291 g/mol. The van der Waals surface area contributed by atoms with E-state index in [0.29, 0.717) is 5.56 Å². The van der Waals surface area contributed by atoms with Crippen molar-refractivity contribution in [3.63, 3.8) is 0 Å². The van der Waals surface area contributed by atoms with Crippen LogP contribution in [0.15, 0.2) is 18.2 Å². The van der Waals surface area contributed by atoms with Gasteiger partial charge >= 0.3 is 5.97 Å². The van der Waals surface area contributed by atoms with E-state index in [9.17, 15) is 9.90 Å². The Morgan fingerprint density at radius 2 is 1.94 bits per heavy atom. The number of nitrogens with two attached hydrogens (primary N) is 1. The molecule has 0 unspecified atom stereocenters. The number of aliphatic carboxylic acids is 1. The van der Waals surface area contributed by atoms with Gasteiger partial charge in [0.1, 0.15) is 5.54 Å². The fourth-order valence-electron chi connectivity index (χ4n) is 1.18. The number of carbonyl (C=O) groups is 1. The first-order chi connectivity index (χ1) is 6.83. The van der Waals surface area contributed by atoms with E-state index in [4.69, 9.17) is 15.9 Å². The van der Waals surface area contributed by atoms with Crippen LogP contribution in [-0.4, -0.2) is 26.8 Å². The SMILES string of the molecule is Br.C[C@@](N)(Cc1ccc(O)c(O)c1)C(=O)O. The molecule has 6 heteroatoms. The van der Waals surface area contributed by atoms with Gasteiger partial charge in [0.25, 0.3) is 0 Å². The van der Waals surface area contributed by atoms with E-state index >= 15 is 0 Å². The fraction of sp³-hybridized carbons (Fsp3) is 0.300. The van der Waals surface area contributed by atoms with Crippen molar-refractivity contribution in [2.75, 3.05) is 0 Å². The van der Waals surface area contributed by atoms with Crippen molar-refractivity contribution in [2.45, 2.75) is 18.9 Å². The number of rotatable bonds is 3. The number of carboxylic acid groups (broad SMARTS) is 1. The Morgan fingerprint density at radius 3 is 2.38 bits per heavy atom. The normalized spacial score (nSPS) is 13.6. The first-order valence-electron chi connectivity index (χ1n) is 4.36. The third kappa shape index (κ3) is 3.39. The van der Waals surface area contributed by atoms with Crippen LogP contribution in [0.3, 0.4) is 0 Å². The van der Waals surface area contributed by atoms with Crippen molar-refractivity contribution in [3.8, 4) is 11.5 Å². The van der Waals surface area contributed by atoms with Crippen LogP contribution >= 0.6 is 17.0 Å². The van der Waals surface area contributed by atoms with Gasteiger partial charge in [0, 0.05) is 6.42 Å². The first-order valence-corrected chi connectivity index (χ1v) is 4.36. The maximum atomic E-state index is 10.7. The van der Waals surface area contributed by atoms with E-state index in [0.717, 1.165) is 0 Å². The van der Waals surface area contributed by atoms with Gasteiger partial charge in [-0.15, -0.1) is 17.0 Å². The minimum absolute atomic E-state index is 0. The highest BCUT2D eigenvalue weighted by molar-refractivity contribution is 8.93. The van der Waals surface area contributed by atoms with Gasteiger partial charge in [-0.1, -0.05) is 6.07 Å². The van der Waals surface area contributed by atoms with Crippen LogP contribution in [-0.2, 0) is 11.2 Å². The Balaban J connectivity index is 0.00000225. The van der Waals surface area contributed by atoms with Crippen LogP contribution < -0.4 is 5.73 Å². The maximum absolute atomic E-state index is 10.7. The van der Waals surface area contributed by atoms with E-state index in [1.165, 1.54) is 25.1 Å². The van der Waals surface area contributed by atoms with Crippen LogP contribution in [0, 0.1) is 0 Å². The minimum Gasteiger partial charge on any atom is -0.504 e. The molecule has 90 valence electrons. The topological polar surface area (TPSA) is 104 Å². The summed E-state index contributed by atoms with van der Waals surface area (Å²) >= 11 is 0. The summed E-state index contributed by atoms with van der Waals surface area (Å²) in [6.45, 7) is 1.39. The largest absolute Gasteiger partial charge is 0.504 e. The number of aromatic hydroxyl groups is 2. The molecule has 0 amide bonds. The molecule has 0 bridgehead atoms. The second kappa shape index (κ2) is 5.18. The van der Waals surface area contributed by atoms with Crippen LogP contribution in [0.5, 0.6) is 11.5 Å². The molecule has 1 atom stereocenters. The third-order valence-corrected chi connectivity index (χ3v) is 2.10. The summed E-state index contributed by atoms with van der Waals surface area (Å²) in [6, 6.07) is 4.11. The van der Waals surface area contributed by atoms with Crippen LogP contribution in [0.25, 0.3) is 0 Å². The van der Waals surface area contributed by atoms with Crippen molar-refractivity contribution in [3.05, 3.63) is 23.8 Å². The molecule has 0 aromatic heterocycles. The minimum atomic E-state index is -1.39. The lowest BCUT2D eigenvalue weighted by Gasteiger charge is -2.19. The van der Waals surface area contributed by atoms with Gasteiger partial charge in [-0.25, -0.2) is 0 Å². The van der Waals surface area contributed by atoms with Gasteiger partial charge in [-0.2, -0.15) is 0 Å². The van der Waals surface area contributed by atoms with Crippen molar-refractivity contribution < 1.29 is 20.1 Å². The highest BCUT2D eigenvalue weighted by Gasteiger charge is 2.28. The average molecular weight is 292 g/mol. The number of benzene rings is 1. The highest BCUT2D eigenvalue weighted by Crippen LogP contribution is 2.26. The predicted octanol–water partition coefficient (Wildman–Crippen LogP) is 1.02. The second-order valence-electron chi connectivity index (χ2n) is 3.72. The third-order valence-electron chi connectivity index (χ3n) is 2.10. The van der Waals surface area contributed by atoms with Gasteiger partial charge in [0.2, 0.25) is 0 Å². The van der Waals surface area contributed by atoms with Gasteiger partial charge in [-0.3, -0.25) is 4.79 Å². The molecule has 0 heterocycles. The molecule has 5 N–H and O–H groups in total. The maximum Gasteiger partial charge on any atom is 0.323 e. The summed E-state index contributed by atoms with van der Waals surface area (Å²) in [4.78, 5) is 10.7. The number of phenolic OH excluding ortho intramolecular Hbond substituents is 2. The number of carboxylic acids is 1. The molecule has 0 fully saturated rings. The Kier molecular flexibility index (Phi) is 4.77. The lowest BCUT2D eigenvalue weighted by molar-refractivity contribution is -0.142. The summed E-state index contributed by atoms with van der Waals surface area (Å²) in [5.74, 6) is -1.64. The summed E-state index contributed by atoms with van der Waals surface area (Å²) in [5, 5.41) is 27.0. The molecule has 0 saturated heterocycles. The van der Waals surface area contributed by atoms with Crippen molar-refractivity contribution in [2.24, 2.45) is 5.73 Å². The van der Waals surface area contributed by atoms with Gasteiger partial charge in [0.15, 0.2) is 11.5 Å². The predicted molar refractivity (Wildman–Crippen MR) is 64.0 cm³/mol.